The van der Waals surface area contributed by atoms with Gasteiger partial charge in [-0.2, -0.15) is 5.26 Å². The molecule has 6 heteroatoms. The van der Waals surface area contributed by atoms with Gasteiger partial charge in [0.1, 0.15) is 11.9 Å². The molecule has 0 radical (unpaired) electrons. The van der Waals surface area contributed by atoms with Crippen molar-refractivity contribution in [1.29, 1.82) is 5.26 Å². The molecule has 0 atom stereocenters. The van der Waals surface area contributed by atoms with Gasteiger partial charge in [0, 0.05) is 12.6 Å². The lowest BCUT2D eigenvalue weighted by Crippen LogP contribution is -2.24. The molecule has 0 aliphatic heterocycles. The van der Waals surface area contributed by atoms with Crippen molar-refractivity contribution >= 4 is 5.97 Å². The highest BCUT2D eigenvalue weighted by Crippen LogP contribution is 2.34. The summed E-state index contributed by atoms with van der Waals surface area (Å²) < 4.78 is 7.35. The van der Waals surface area contributed by atoms with E-state index in [-0.39, 0.29) is 0 Å². The minimum absolute atomic E-state index is 0.419. The van der Waals surface area contributed by atoms with Gasteiger partial charge in [0.05, 0.1) is 17.2 Å². The second kappa shape index (κ2) is 7.04. The van der Waals surface area contributed by atoms with Gasteiger partial charge >= 0.3 is 5.97 Å². The molecule has 0 saturated carbocycles. The van der Waals surface area contributed by atoms with Gasteiger partial charge in [0.2, 0.25) is 0 Å². The Kier molecular flexibility index (Phi) is 4.78. The lowest BCUT2D eigenvalue weighted by molar-refractivity contribution is 0.00704. The van der Waals surface area contributed by atoms with Gasteiger partial charge in [0.25, 0.3) is 0 Å². The quantitative estimate of drug-likeness (QED) is 0.660. The van der Waals surface area contributed by atoms with Gasteiger partial charge in [-0.25, -0.2) is 4.79 Å². The zero-order chi connectivity index (χ0) is 19.6. The van der Waals surface area contributed by atoms with Crippen LogP contribution >= 0.6 is 0 Å². The fourth-order valence-electron chi connectivity index (χ4n) is 2.77. The summed E-state index contributed by atoms with van der Waals surface area (Å²) in [5, 5.41) is 17.2. The van der Waals surface area contributed by atoms with Crippen LogP contribution in [0.25, 0.3) is 22.5 Å². The highest BCUT2D eigenvalue weighted by molar-refractivity contribution is 6.01. The molecule has 0 spiro atoms. The minimum atomic E-state index is -0.612. The smallest absolute Gasteiger partial charge is 0.339 e. The van der Waals surface area contributed by atoms with Crippen molar-refractivity contribution in [3.63, 3.8) is 0 Å². The molecular formula is C21H20N4O2. The van der Waals surface area contributed by atoms with Crippen LogP contribution < -0.4 is 0 Å². The van der Waals surface area contributed by atoms with Crippen LogP contribution in [0.3, 0.4) is 0 Å². The molecule has 0 unspecified atom stereocenters. The number of benzene rings is 2. The molecule has 0 aliphatic carbocycles. The first-order valence-corrected chi connectivity index (χ1v) is 8.51. The minimum Gasteiger partial charge on any atom is -0.456 e. The van der Waals surface area contributed by atoms with Gasteiger partial charge in [-0.3, -0.25) is 0 Å². The molecule has 0 amide bonds. The van der Waals surface area contributed by atoms with Crippen LogP contribution in [0.5, 0.6) is 0 Å². The highest BCUT2D eigenvalue weighted by atomic mass is 16.6. The Morgan fingerprint density at radius 1 is 1.15 bits per heavy atom. The number of hydrogen-bond donors (Lipinski definition) is 0. The summed E-state index contributed by atoms with van der Waals surface area (Å²) in [6, 6.07) is 14.8. The van der Waals surface area contributed by atoms with Gasteiger partial charge in [0.15, 0.2) is 5.82 Å². The predicted molar refractivity (Wildman–Crippen MR) is 102 cm³/mol. The standard InChI is InChI=1S/C21H20N4O2/c1-21(2,3)27-20(26)17-7-5-6-16(15-10-8-14(12-22)9-11-15)18(17)19-24-23-13-25(19)4/h5-11,13H,1-4H3. The normalized spacial score (nSPS) is 11.1. The second-order valence-corrected chi connectivity index (χ2v) is 7.18. The molecule has 3 rings (SSSR count). The maximum atomic E-state index is 12.8. The average molecular weight is 360 g/mol. The zero-order valence-corrected chi connectivity index (χ0v) is 15.7. The van der Waals surface area contributed by atoms with Crippen molar-refractivity contribution < 1.29 is 9.53 Å². The molecule has 27 heavy (non-hydrogen) atoms. The van der Waals surface area contributed by atoms with Crippen LogP contribution in [-0.2, 0) is 11.8 Å². The van der Waals surface area contributed by atoms with E-state index < -0.39 is 11.6 Å². The summed E-state index contributed by atoms with van der Waals surface area (Å²) in [6.07, 6.45) is 1.59. The fourth-order valence-corrected chi connectivity index (χ4v) is 2.77. The molecule has 1 aromatic heterocycles. The number of aromatic nitrogens is 3. The van der Waals surface area contributed by atoms with Gasteiger partial charge in [-0.15, -0.1) is 10.2 Å². The number of nitriles is 1. The van der Waals surface area contributed by atoms with E-state index in [1.165, 1.54) is 0 Å². The number of hydrogen-bond acceptors (Lipinski definition) is 5. The van der Waals surface area contributed by atoms with E-state index in [1.54, 1.807) is 29.1 Å². The molecule has 2 aromatic carbocycles. The topological polar surface area (TPSA) is 80.8 Å². The molecule has 0 N–H and O–H groups in total. The number of ether oxygens (including phenoxy) is 1. The van der Waals surface area contributed by atoms with Crippen LogP contribution in [0, 0.1) is 11.3 Å². The second-order valence-electron chi connectivity index (χ2n) is 7.18. The average Bonchev–Trinajstić information content (AvgIpc) is 3.05. The molecule has 0 bridgehead atoms. The first kappa shape index (κ1) is 18.3. The Bertz CT molecular complexity index is 1020. The van der Waals surface area contributed by atoms with E-state index in [0.717, 1.165) is 11.1 Å². The van der Waals surface area contributed by atoms with E-state index in [0.29, 0.717) is 22.5 Å². The van der Waals surface area contributed by atoms with E-state index >= 15 is 0 Å². The summed E-state index contributed by atoms with van der Waals surface area (Å²) in [5.41, 5.74) is 2.72. The van der Waals surface area contributed by atoms with Crippen molar-refractivity contribution in [3.05, 3.63) is 59.9 Å². The molecule has 136 valence electrons. The summed E-state index contributed by atoms with van der Waals surface area (Å²) in [6.45, 7) is 5.49. The van der Waals surface area contributed by atoms with Gasteiger partial charge in [-0.1, -0.05) is 24.3 Å². The SMILES string of the molecule is Cn1cnnc1-c1c(C(=O)OC(C)(C)C)cccc1-c1ccc(C#N)cc1. The fraction of sp³-hybridized carbons (Fsp3) is 0.238. The lowest BCUT2D eigenvalue weighted by Gasteiger charge is -2.21. The maximum absolute atomic E-state index is 12.8. The van der Waals surface area contributed by atoms with Crippen LogP contribution in [-0.4, -0.2) is 26.3 Å². The van der Waals surface area contributed by atoms with Gasteiger partial charge in [-0.05, 0) is 50.1 Å². The molecule has 0 fully saturated rings. The number of esters is 1. The molecule has 0 aliphatic rings. The number of nitrogens with zero attached hydrogens (tertiary/aromatic N) is 4. The van der Waals surface area contributed by atoms with Crippen LogP contribution in [0.4, 0.5) is 0 Å². The molecule has 3 aromatic rings. The van der Waals surface area contributed by atoms with Crippen molar-refractivity contribution in [2.45, 2.75) is 26.4 Å². The van der Waals surface area contributed by atoms with E-state index in [4.69, 9.17) is 10.00 Å². The zero-order valence-electron chi connectivity index (χ0n) is 15.7. The molecular weight excluding hydrogens is 340 g/mol. The number of carbonyl (C=O) groups is 1. The Labute approximate surface area is 158 Å². The van der Waals surface area contributed by atoms with Crippen LogP contribution in [0.1, 0.15) is 36.7 Å². The Morgan fingerprint density at radius 3 is 2.41 bits per heavy atom. The molecule has 6 nitrogen and oxygen atoms in total. The first-order valence-electron chi connectivity index (χ1n) is 8.51. The molecule has 1 heterocycles. The Balaban J connectivity index is 2.22. The predicted octanol–water partition coefficient (Wildman–Crippen LogP) is 3.98. The third-order valence-electron chi connectivity index (χ3n) is 3.94. The van der Waals surface area contributed by atoms with Crippen molar-refractivity contribution in [2.75, 3.05) is 0 Å². The summed E-state index contributed by atoms with van der Waals surface area (Å²) >= 11 is 0. The third kappa shape index (κ3) is 3.87. The largest absolute Gasteiger partial charge is 0.456 e. The molecule has 0 saturated heterocycles. The highest BCUT2D eigenvalue weighted by Gasteiger charge is 2.25. The number of aryl methyl sites for hydroxylation is 1. The summed E-state index contributed by atoms with van der Waals surface area (Å²) in [7, 11) is 1.82. The van der Waals surface area contributed by atoms with E-state index in [2.05, 4.69) is 16.3 Å². The van der Waals surface area contributed by atoms with Crippen molar-refractivity contribution in [3.8, 4) is 28.6 Å². The van der Waals surface area contributed by atoms with Crippen LogP contribution in [0.2, 0.25) is 0 Å². The van der Waals surface area contributed by atoms with E-state index in [9.17, 15) is 4.79 Å². The number of rotatable bonds is 3. The Morgan fingerprint density at radius 2 is 1.85 bits per heavy atom. The Hall–Kier alpha value is -3.46. The van der Waals surface area contributed by atoms with E-state index in [1.807, 2.05) is 52.1 Å². The summed E-state index contributed by atoms with van der Waals surface area (Å²) in [4.78, 5) is 12.8. The van der Waals surface area contributed by atoms with Crippen molar-refractivity contribution in [1.82, 2.24) is 14.8 Å². The first-order chi connectivity index (χ1) is 12.8. The number of carbonyl (C=O) groups excluding carboxylic acids is 1. The maximum Gasteiger partial charge on any atom is 0.339 e. The monoisotopic (exact) mass is 360 g/mol. The van der Waals surface area contributed by atoms with Crippen LogP contribution in [0.15, 0.2) is 48.8 Å². The summed E-state index contributed by atoms with van der Waals surface area (Å²) in [5.74, 6) is 0.145. The van der Waals surface area contributed by atoms with Gasteiger partial charge < -0.3 is 9.30 Å². The lowest BCUT2D eigenvalue weighted by atomic mass is 9.94. The van der Waals surface area contributed by atoms with Crippen molar-refractivity contribution in [2.24, 2.45) is 7.05 Å². The third-order valence-corrected chi connectivity index (χ3v) is 3.94.